The van der Waals surface area contributed by atoms with E-state index in [-0.39, 0.29) is 18.3 Å². The Morgan fingerprint density at radius 1 is 1.22 bits per heavy atom. The largest absolute Gasteiger partial charge is 0.419 e. The first-order valence-electron chi connectivity index (χ1n) is 7.26. The second-order valence-electron chi connectivity index (χ2n) is 5.94. The average Bonchev–Trinajstić information content (AvgIpc) is 2.41. The number of halogens is 1. The van der Waals surface area contributed by atoms with Crippen LogP contribution in [-0.4, -0.2) is 23.8 Å². The van der Waals surface area contributed by atoms with Crippen LogP contribution in [0.3, 0.4) is 0 Å². The summed E-state index contributed by atoms with van der Waals surface area (Å²) >= 11 is 0. The number of benzene rings is 1. The molecule has 1 heterocycles. The van der Waals surface area contributed by atoms with Gasteiger partial charge in [-0.2, -0.15) is 0 Å². The first-order valence-corrected chi connectivity index (χ1v) is 7.26. The van der Waals surface area contributed by atoms with Crippen molar-refractivity contribution in [3.05, 3.63) is 40.7 Å². The van der Waals surface area contributed by atoms with Gasteiger partial charge in [-0.15, -0.1) is 0 Å². The maximum absolute atomic E-state index is 13.4. The van der Waals surface area contributed by atoms with E-state index in [0.717, 1.165) is 0 Å². The molecule has 6 heteroatoms. The van der Waals surface area contributed by atoms with Gasteiger partial charge in [0.15, 0.2) is 0 Å². The first-order chi connectivity index (χ1) is 10.7. The monoisotopic (exact) mass is 322 g/mol. The molecular weight excluding hydrogens is 303 g/mol. The summed E-state index contributed by atoms with van der Waals surface area (Å²) in [6.45, 7) is 6.81. The van der Waals surface area contributed by atoms with Crippen LogP contribution in [0.4, 0.5) is 4.39 Å². The van der Waals surface area contributed by atoms with E-state index in [1.165, 1.54) is 38.1 Å². The van der Waals surface area contributed by atoms with Crippen LogP contribution >= 0.6 is 0 Å². The number of ether oxygens (including phenoxy) is 3. The van der Waals surface area contributed by atoms with Crippen molar-refractivity contribution >= 4 is 18.0 Å². The van der Waals surface area contributed by atoms with E-state index < -0.39 is 23.5 Å². The van der Waals surface area contributed by atoms with Gasteiger partial charge in [-0.25, -0.2) is 14.0 Å². The fraction of sp³-hybridized carbons (Fsp3) is 0.412. The third kappa shape index (κ3) is 4.39. The Morgan fingerprint density at radius 3 is 2.39 bits per heavy atom. The SMILES string of the molecule is CC(C)OCc1cc(F)ccc1C=C1C(=O)OC(C)(C)OC1=O. The summed E-state index contributed by atoms with van der Waals surface area (Å²) in [7, 11) is 0. The normalized spacial score (nSPS) is 17.0. The standard InChI is InChI=1S/C17H19FO5/c1-10(2)21-9-12-7-13(18)6-5-11(12)8-14-15(19)22-17(3,4)23-16(14)20/h5-8,10H,9H2,1-4H3. The molecule has 0 N–H and O–H groups in total. The molecule has 0 bridgehead atoms. The van der Waals surface area contributed by atoms with E-state index in [4.69, 9.17) is 14.2 Å². The second kappa shape index (κ2) is 6.50. The van der Waals surface area contributed by atoms with Crippen LogP contribution in [0.25, 0.3) is 6.08 Å². The third-order valence-electron chi connectivity index (χ3n) is 3.09. The topological polar surface area (TPSA) is 61.8 Å². The van der Waals surface area contributed by atoms with Crippen LogP contribution < -0.4 is 0 Å². The molecule has 0 spiro atoms. The molecule has 1 saturated heterocycles. The highest BCUT2D eigenvalue weighted by Gasteiger charge is 2.38. The fourth-order valence-electron chi connectivity index (χ4n) is 2.03. The predicted molar refractivity (Wildman–Crippen MR) is 80.6 cm³/mol. The number of cyclic esters (lactones) is 2. The van der Waals surface area contributed by atoms with Crippen molar-refractivity contribution in [1.82, 2.24) is 0 Å². The zero-order valence-corrected chi connectivity index (χ0v) is 13.5. The fourth-order valence-corrected chi connectivity index (χ4v) is 2.03. The molecule has 0 amide bonds. The molecule has 1 aromatic rings. The summed E-state index contributed by atoms with van der Waals surface area (Å²) in [5.74, 6) is -3.26. The maximum Gasteiger partial charge on any atom is 0.348 e. The zero-order valence-electron chi connectivity index (χ0n) is 13.5. The van der Waals surface area contributed by atoms with Crippen molar-refractivity contribution in [2.24, 2.45) is 0 Å². The molecule has 1 aromatic carbocycles. The lowest BCUT2D eigenvalue weighted by molar-refractivity contribution is -0.222. The van der Waals surface area contributed by atoms with Gasteiger partial charge in [0.25, 0.3) is 5.79 Å². The van der Waals surface area contributed by atoms with Crippen molar-refractivity contribution in [3.8, 4) is 0 Å². The van der Waals surface area contributed by atoms with Crippen LogP contribution in [0.15, 0.2) is 23.8 Å². The highest BCUT2D eigenvalue weighted by Crippen LogP contribution is 2.25. The minimum Gasteiger partial charge on any atom is -0.419 e. The molecule has 0 radical (unpaired) electrons. The highest BCUT2D eigenvalue weighted by molar-refractivity contribution is 6.18. The minimum absolute atomic E-state index is 0.0378. The summed E-state index contributed by atoms with van der Waals surface area (Å²) in [6, 6.07) is 4.02. The Labute approximate surface area is 134 Å². The van der Waals surface area contributed by atoms with Gasteiger partial charge in [0.1, 0.15) is 11.4 Å². The van der Waals surface area contributed by atoms with Gasteiger partial charge in [0.2, 0.25) is 0 Å². The van der Waals surface area contributed by atoms with E-state index in [1.54, 1.807) is 0 Å². The smallest absolute Gasteiger partial charge is 0.348 e. The van der Waals surface area contributed by atoms with Gasteiger partial charge in [-0.05, 0) is 43.2 Å². The van der Waals surface area contributed by atoms with Gasteiger partial charge in [0, 0.05) is 13.8 Å². The molecule has 0 aliphatic carbocycles. The molecule has 0 unspecified atom stereocenters. The van der Waals surface area contributed by atoms with Gasteiger partial charge in [-0.1, -0.05) is 6.07 Å². The summed E-state index contributed by atoms with van der Waals surface area (Å²) < 4.78 is 29.0. The molecule has 1 aliphatic rings. The van der Waals surface area contributed by atoms with Gasteiger partial charge >= 0.3 is 11.9 Å². The number of carbonyl (C=O) groups is 2. The van der Waals surface area contributed by atoms with Crippen LogP contribution in [0, 0.1) is 5.82 Å². The molecule has 1 fully saturated rings. The second-order valence-corrected chi connectivity index (χ2v) is 5.94. The Morgan fingerprint density at radius 2 is 1.83 bits per heavy atom. The van der Waals surface area contributed by atoms with E-state index in [2.05, 4.69) is 0 Å². The van der Waals surface area contributed by atoms with E-state index in [1.807, 2.05) is 13.8 Å². The summed E-state index contributed by atoms with van der Waals surface area (Å²) in [5, 5.41) is 0. The molecule has 5 nitrogen and oxygen atoms in total. The number of hydrogen-bond acceptors (Lipinski definition) is 5. The van der Waals surface area contributed by atoms with Crippen molar-refractivity contribution in [2.45, 2.75) is 46.2 Å². The molecule has 124 valence electrons. The Balaban J connectivity index is 2.34. The molecule has 0 atom stereocenters. The van der Waals surface area contributed by atoms with Gasteiger partial charge < -0.3 is 14.2 Å². The third-order valence-corrected chi connectivity index (χ3v) is 3.09. The number of hydrogen-bond donors (Lipinski definition) is 0. The van der Waals surface area contributed by atoms with Crippen LogP contribution in [0.5, 0.6) is 0 Å². The van der Waals surface area contributed by atoms with Crippen LogP contribution in [-0.2, 0) is 30.4 Å². The Kier molecular flexibility index (Phi) is 4.85. The lowest BCUT2D eigenvalue weighted by atomic mass is 10.0. The van der Waals surface area contributed by atoms with Gasteiger partial charge in [-0.3, -0.25) is 0 Å². The summed E-state index contributed by atoms with van der Waals surface area (Å²) in [6.07, 6.45) is 1.29. The lowest BCUT2D eigenvalue weighted by Gasteiger charge is -2.29. The number of esters is 2. The Bertz CT molecular complexity index is 639. The summed E-state index contributed by atoms with van der Waals surface area (Å²) in [5.41, 5.74) is 0.786. The molecular formula is C17H19FO5. The number of carbonyl (C=O) groups excluding carboxylic acids is 2. The van der Waals surface area contributed by atoms with Crippen molar-refractivity contribution in [2.75, 3.05) is 0 Å². The number of rotatable bonds is 4. The van der Waals surface area contributed by atoms with Crippen molar-refractivity contribution in [3.63, 3.8) is 0 Å². The predicted octanol–water partition coefficient (Wildman–Crippen LogP) is 2.97. The highest BCUT2D eigenvalue weighted by atomic mass is 19.1. The van der Waals surface area contributed by atoms with E-state index in [0.29, 0.717) is 11.1 Å². The molecule has 23 heavy (non-hydrogen) atoms. The average molecular weight is 322 g/mol. The Hall–Kier alpha value is -2.21. The first kappa shape index (κ1) is 17.1. The maximum atomic E-state index is 13.4. The molecule has 0 aromatic heterocycles. The molecule has 2 rings (SSSR count). The van der Waals surface area contributed by atoms with E-state index in [9.17, 15) is 14.0 Å². The van der Waals surface area contributed by atoms with Crippen LogP contribution in [0.1, 0.15) is 38.8 Å². The molecule has 0 saturated carbocycles. The van der Waals surface area contributed by atoms with Crippen LogP contribution in [0.2, 0.25) is 0 Å². The lowest BCUT2D eigenvalue weighted by Crippen LogP contribution is -2.41. The van der Waals surface area contributed by atoms with Crippen molar-refractivity contribution in [1.29, 1.82) is 0 Å². The summed E-state index contributed by atoms with van der Waals surface area (Å²) in [4.78, 5) is 23.9. The molecule has 1 aliphatic heterocycles. The van der Waals surface area contributed by atoms with E-state index >= 15 is 0 Å². The zero-order chi connectivity index (χ0) is 17.2. The van der Waals surface area contributed by atoms with Crippen molar-refractivity contribution < 1.29 is 28.2 Å². The van der Waals surface area contributed by atoms with Gasteiger partial charge in [0.05, 0.1) is 12.7 Å². The quantitative estimate of drug-likeness (QED) is 0.484. The minimum atomic E-state index is -1.29.